The van der Waals surface area contributed by atoms with Gasteiger partial charge in [-0.05, 0) is 31.0 Å². The van der Waals surface area contributed by atoms with Gasteiger partial charge in [-0.15, -0.1) is 24.0 Å². The Labute approximate surface area is 208 Å². The SMILES string of the molecule is CN=C(NCC(=O)N(C)CCc1ccccn1)NC1CC(C)N(Cc2ccccc2)C1.I. The summed E-state index contributed by atoms with van der Waals surface area (Å²) in [6.07, 6.45) is 3.57. The first-order chi connectivity index (χ1) is 15.0. The largest absolute Gasteiger partial charge is 0.352 e. The third kappa shape index (κ3) is 8.05. The molecule has 2 unspecified atom stereocenters. The Bertz CT molecular complexity index is 848. The van der Waals surface area contributed by atoms with E-state index in [1.54, 1.807) is 18.1 Å². The van der Waals surface area contributed by atoms with Gasteiger partial charge in [-0.2, -0.15) is 0 Å². The molecule has 0 radical (unpaired) electrons. The summed E-state index contributed by atoms with van der Waals surface area (Å²) in [7, 11) is 3.56. The summed E-state index contributed by atoms with van der Waals surface area (Å²) in [5.74, 6) is 0.703. The molecule has 2 N–H and O–H groups in total. The van der Waals surface area contributed by atoms with Crippen LogP contribution in [-0.2, 0) is 17.8 Å². The van der Waals surface area contributed by atoms with Crippen molar-refractivity contribution in [2.45, 2.75) is 38.4 Å². The number of likely N-dealkylation sites (N-methyl/N-ethyl adjacent to an activating group) is 1. The first kappa shape index (κ1) is 26.1. The van der Waals surface area contributed by atoms with E-state index in [0.29, 0.717) is 24.6 Å². The molecule has 1 fully saturated rings. The van der Waals surface area contributed by atoms with Crippen LogP contribution in [0.15, 0.2) is 59.7 Å². The topological polar surface area (TPSA) is 72.9 Å². The van der Waals surface area contributed by atoms with E-state index in [1.807, 2.05) is 31.3 Å². The van der Waals surface area contributed by atoms with Crippen molar-refractivity contribution < 1.29 is 4.79 Å². The molecule has 1 aromatic heterocycles. The molecule has 0 aliphatic carbocycles. The average Bonchev–Trinajstić information content (AvgIpc) is 3.14. The molecule has 1 saturated heterocycles. The van der Waals surface area contributed by atoms with Crippen molar-refractivity contribution in [2.24, 2.45) is 4.99 Å². The summed E-state index contributed by atoms with van der Waals surface area (Å²) in [5.41, 5.74) is 2.32. The number of benzene rings is 1. The number of guanidine groups is 1. The lowest BCUT2D eigenvalue weighted by molar-refractivity contribution is -0.128. The van der Waals surface area contributed by atoms with Crippen molar-refractivity contribution in [2.75, 3.05) is 33.7 Å². The van der Waals surface area contributed by atoms with Crippen LogP contribution in [0.4, 0.5) is 0 Å². The molecule has 0 spiro atoms. The van der Waals surface area contributed by atoms with Crippen LogP contribution in [-0.4, -0.2) is 72.5 Å². The zero-order valence-electron chi connectivity index (χ0n) is 19.2. The lowest BCUT2D eigenvalue weighted by Gasteiger charge is -2.21. The average molecular weight is 550 g/mol. The van der Waals surface area contributed by atoms with Crippen molar-refractivity contribution in [1.82, 2.24) is 25.4 Å². The molecule has 1 aliphatic heterocycles. The predicted octanol–water partition coefficient (Wildman–Crippen LogP) is 2.53. The second kappa shape index (κ2) is 13.4. The third-order valence-electron chi connectivity index (χ3n) is 5.76. The molecular formula is C24H35IN6O. The number of nitrogens with zero attached hydrogens (tertiary/aromatic N) is 4. The summed E-state index contributed by atoms with van der Waals surface area (Å²) >= 11 is 0. The molecule has 1 amide bonds. The smallest absolute Gasteiger partial charge is 0.241 e. The molecule has 1 aliphatic rings. The fraction of sp³-hybridized carbons (Fsp3) is 0.458. The number of likely N-dealkylation sites (tertiary alicyclic amines) is 1. The maximum atomic E-state index is 12.5. The minimum Gasteiger partial charge on any atom is -0.352 e. The Hall–Kier alpha value is -2.20. The van der Waals surface area contributed by atoms with Crippen LogP contribution in [0.5, 0.6) is 0 Å². The van der Waals surface area contributed by atoms with E-state index in [9.17, 15) is 4.79 Å². The molecule has 3 rings (SSSR count). The number of nitrogens with one attached hydrogen (secondary N) is 2. The zero-order valence-corrected chi connectivity index (χ0v) is 21.5. The fourth-order valence-electron chi connectivity index (χ4n) is 3.88. The number of carbonyl (C=O) groups is 1. The standard InChI is InChI=1S/C24H34N6O.HI/c1-19-15-22(18-30(19)17-20-9-5-4-6-10-20)28-24(25-2)27-16-23(31)29(3)14-12-21-11-7-8-13-26-21;/h4-11,13,19,22H,12,14-18H2,1-3H3,(H2,25,27,28);1H. The Balaban J connectivity index is 0.00000363. The van der Waals surface area contributed by atoms with Gasteiger partial charge in [-0.3, -0.25) is 19.7 Å². The first-order valence-corrected chi connectivity index (χ1v) is 10.9. The maximum absolute atomic E-state index is 12.5. The van der Waals surface area contributed by atoms with E-state index >= 15 is 0 Å². The number of halogens is 1. The minimum atomic E-state index is 0. The lowest BCUT2D eigenvalue weighted by Crippen LogP contribution is -2.48. The van der Waals surface area contributed by atoms with Crippen LogP contribution in [0.25, 0.3) is 0 Å². The molecule has 32 heavy (non-hydrogen) atoms. The summed E-state index contributed by atoms with van der Waals surface area (Å²) in [6.45, 7) is 5.02. The van der Waals surface area contributed by atoms with Crippen LogP contribution < -0.4 is 10.6 Å². The predicted molar refractivity (Wildman–Crippen MR) is 140 cm³/mol. The molecule has 1 aromatic carbocycles. The zero-order chi connectivity index (χ0) is 22.1. The Kier molecular flexibility index (Phi) is 10.9. The highest BCUT2D eigenvalue weighted by atomic mass is 127. The number of aliphatic imine (C=N–C) groups is 1. The van der Waals surface area contributed by atoms with Crippen LogP contribution in [0.3, 0.4) is 0 Å². The Morgan fingerprint density at radius 2 is 1.97 bits per heavy atom. The molecular weight excluding hydrogens is 515 g/mol. The van der Waals surface area contributed by atoms with Crippen LogP contribution >= 0.6 is 24.0 Å². The van der Waals surface area contributed by atoms with Gasteiger partial charge in [0.1, 0.15) is 0 Å². The Morgan fingerprint density at radius 3 is 2.66 bits per heavy atom. The maximum Gasteiger partial charge on any atom is 0.241 e. The normalized spacial score (nSPS) is 18.7. The Morgan fingerprint density at radius 1 is 1.22 bits per heavy atom. The van der Waals surface area contributed by atoms with E-state index in [-0.39, 0.29) is 36.4 Å². The van der Waals surface area contributed by atoms with Crippen LogP contribution in [0, 0.1) is 0 Å². The summed E-state index contributed by atoms with van der Waals surface area (Å²) in [5, 5.41) is 6.65. The molecule has 8 heteroatoms. The number of hydrogen-bond acceptors (Lipinski definition) is 4. The summed E-state index contributed by atoms with van der Waals surface area (Å²) < 4.78 is 0. The first-order valence-electron chi connectivity index (χ1n) is 10.9. The van der Waals surface area contributed by atoms with Crippen molar-refractivity contribution in [3.8, 4) is 0 Å². The molecule has 2 heterocycles. The second-order valence-electron chi connectivity index (χ2n) is 8.15. The molecule has 7 nitrogen and oxygen atoms in total. The molecule has 2 aromatic rings. The van der Waals surface area contributed by atoms with E-state index in [1.165, 1.54) is 5.56 Å². The van der Waals surface area contributed by atoms with Gasteiger partial charge < -0.3 is 15.5 Å². The van der Waals surface area contributed by atoms with Gasteiger partial charge in [0.25, 0.3) is 0 Å². The van der Waals surface area contributed by atoms with Gasteiger partial charge in [0.05, 0.1) is 6.54 Å². The second-order valence-corrected chi connectivity index (χ2v) is 8.15. The van der Waals surface area contributed by atoms with Gasteiger partial charge >= 0.3 is 0 Å². The van der Waals surface area contributed by atoms with Crippen LogP contribution in [0.1, 0.15) is 24.6 Å². The van der Waals surface area contributed by atoms with Gasteiger partial charge in [-0.25, -0.2) is 0 Å². The highest BCUT2D eigenvalue weighted by Crippen LogP contribution is 2.20. The number of rotatable bonds is 8. The molecule has 2 atom stereocenters. The third-order valence-corrected chi connectivity index (χ3v) is 5.76. The van der Waals surface area contributed by atoms with Crippen molar-refractivity contribution >= 4 is 35.8 Å². The van der Waals surface area contributed by atoms with Gasteiger partial charge in [-0.1, -0.05) is 36.4 Å². The number of hydrogen-bond donors (Lipinski definition) is 2. The lowest BCUT2D eigenvalue weighted by atomic mass is 10.2. The van der Waals surface area contributed by atoms with E-state index < -0.39 is 0 Å². The number of aromatic nitrogens is 1. The number of pyridine rings is 1. The minimum absolute atomic E-state index is 0. The summed E-state index contributed by atoms with van der Waals surface area (Å²) in [4.78, 5) is 25.3. The number of carbonyl (C=O) groups excluding carboxylic acids is 1. The van der Waals surface area contributed by atoms with Gasteiger partial charge in [0.2, 0.25) is 5.91 Å². The molecule has 0 bridgehead atoms. The van der Waals surface area contributed by atoms with E-state index in [2.05, 4.69) is 56.7 Å². The van der Waals surface area contributed by atoms with Crippen molar-refractivity contribution in [3.05, 3.63) is 66.0 Å². The number of amides is 1. The van der Waals surface area contributed by atoms with E-state index in [0.717, 1.165) is 31.6 Å². The molecule has 0 saturated carbocycles. The van der Waals surface area contributed by atoms with Crippen molar-refractivity contribution in [1.29, 1.82) is 0 Å². The summed E-state index contributed by atoms with van der Waals surface area (Å²) in [6, 6.07) is 17.2. The highest BCUT2D eigenvalue weighted by Gasteiger charge is 2.29. The highest BCUT2D eigenvalue weighted by molar-refractivity contribution is 14.0. The fourth-order valence-corrected chi connectivity index (χ4v) is 3.88. The van der Waals surface area contributed by atoms with Crippen molar-refractivity contribution in [3.63, 3.8) is 0 Å². The monoisotopic (exact) mass is 550 g/mol. The van der Waals surface area contributed by atoms with E-state index in [4.69, 9.17) is 0 Å². The van der Waals surface area contributed by atoms with Gasteiger partial charge in [0, 0.05) is 64.1 Å². The molecule has 174 valence electrons. The quantitative estimate of drug-likeness (QED) is 0.301. The van der Waals surface area contributed by atoms with Gasteiger partial charge in [0.15, 0.2) is 5.96 Å². The van der Waals surface area contributed by atoms with Crippen LogP contribution in [0.2, 0.25) is 0 Å².